The Morgan fingerprint density at radius 2 is 1.77 bits per heavy atom. The maximum absolute atomic E-state index is 2.66. The van der Waals surface area contributed by atoms with Gasteiger partial charge in [-0.05, 0) is 30.1 Å². The van der Waals surface area contributed by atoms with E-state index >= 15 is 0 Å². The van der Waals surface area contributed by atoms with Gasteiger partial charge < -0.3 is 4.90 Å². The molecular weight excluding hydrogens is 158 g/mol. The van der Waals surface area contributed by atoms with Gasteiger partial charge in [0, 0.05) is 19.6 Å². The Bertz CT molecular complexity index is 174. The molecule has 1 aliphatic heterocycles. The molecule has 1 heteroatoms. The Kier molecular flexibility index (Phi) is 2.39. The van der Waals surface area contributed by atoms with Crippen LogP contribution in [-0.2, 0) is 0 Å². The third-order valence-corrected chi connectivity index (χ3v) is 4.22. The number of hydrogen-bond acceptors (Lipinski definition) is 1. The van der Waals surface area contributed by atoms with Crippen LogP contribution < -0.4 is 0 Å². The van der Waals surface area contributed by atoms with E-state index in [1.165, 1.54) is 38.9 Å². The summed E-state index contributed by atoms with van der Waals surface area (Å²) in [6, 6.07) is 0. The van der Waals surface area contributed by atoms with Gasteiger partial charge in [0.05, 0.1) is 0 Å². The lowest BCUT2D eigenvalue weighted by Gasteiger charge is -2.56. The predicted octanol–water partition coefficient (Wildman–Crippen LogP) is 2.76. The van der Waals surface area contributed by atoms with Gasteiger partial charge in [-0.2, -0.15) is 0 Å². The lowest BCUT2D eigenvalue weighted by molar-refractivity contribution is -0.0679. The van der Waals surface area contributed by atoms with Gasteiger partial charge in [-0.25, -0.2) is 0 Å². The van der Waals surface area contributed by atoms with Crippen LogP contribution in [0.4, 0.5) is 0 Å². The summed E-state index contributed by atoms with van der Waals surface area (Å²) in [5.41, 5.74) is 0.816. The number of nitrogens with zero attached hydrogens (tertiary/aromatic N) is 1. The first-order valence-electron chi connectivity index (χ1n) is 5.84. The predicted molar refractivity (Wildman–Crippen MR) is 56.7 cm³/mol. The van der Waals surface area contributed by atoms with Crippen molar-refractivity contribution in [2.45, 2.75) is 40.0 Å². The van der Waals surface area contributed by atoms with Crippen molar-refractivity contribution in [2.75, 3.05) is 19.6 Å². The van der Waals surface area contributed by atoms with Crippen LogP contribution in [0.3, 0.4) is 0 Å². The molecule has 0 aromatic heterocycles. The van der Waals surface area contributed by atoms with Crippen LogP contribution in [0, 0.1) is 17.3 Å². The van der Waals surface area contributed by atoms with Crippen molar-refractivity contribution >= 4 is 0 Å². The van der Waals surface area contributed by atoms with Crippen LogP contribution in [-0.4, -0.2) is 24.5 Å². The van der Waals surface area contributed by atoms with Crippen LogP contribution in [0.5, 0.6) is 0 Å². The summed E-state index contributed by atoms with van der Waals surface area (Å²) in [4.78, 5) is 2.66. The molecule has 1 nitrogen and oxygen atoms in total. The number of likely N-dealkylation sites (tertiary alicyclic amines) is 1. The molecule has 1 saturated carbocycles. The van der Waals surface area contributed by atoms with E-state index in [1.54, 1.807) is 0 Å². The second-order valence-corrected chi connectivity index (χ2v) is 5.74. The van der Waals surface area contributed by atoms with Crippen molar-refractivity contribution in [3.63, 3.8) is 0 Å². The van der Waals surface area contributed by atoms with E-state index in [4.69, 9.17) is 0 Å². The SMILES string of the molecule is CC(C)C(C)CN1CC2(CCC2)C1. The molecule has 1 aliphatic carbocycles. The maximum Gasteiger partial charge on any atom is 0.00506 e. The molecule has 0 aromatic rings. The van der Waals surface area contributed by atoms with Crippen molar-refractivity contribution in [3.8, 4) is 0 Å². The topological polar surface area (TPSA) is 3.24 Å². The molecule has 0 radical (unpaired) electrons. The zero-order valence-electron chi connectivity index (χ0n) is 9.34. The molecular formula is C12H23N. The fourth-order valence-corrected chi connectivity index (χ4v) is 2.64. The minimum atomic E-state index is 0.816. The summed E-state index contributed by atoms with van der Waals surface area (Å²) in [6.07, 6.45) is 4.52. The van der Waals surface area contributed by atoms with E-state index < -0.39 is 0 Å². The first-order valence-corrected chi connectivity index (χ1v) is 5.84. The minimum absolute atomic E-state index is 0.816. The monoisotopic (exact) mass is 181 g/mol. The first-order chi connectivity index (χ1) is 6.11. The molecule has 0 bridgehead atoms. The van der Waals surface area contributed by atoms with Gasteiger partial charge in [0.25, 0.3) is 0 Å². The fourth-order valence-electron chi connectivity index (χ4n) is 2.64. The molecule has 2 rings (SSSR count). The Morgan fingerprint density at radius 3 is 2.15 bits per heavy atom. The van der Waals surface area contributed by atoms with Gasteiger partial charge in [-0.3, -0.25) is 0 Å². The van der Waals surface area contributed by atoms with Crippen molar-refractivity contribution in [2.24, 2.45) is 17.3 Å². The van der Waals surface area contributed by atoms with Crippen LogP contribution >= 0.6 is 0 Å². The summed E-state index contributed by atoms with van der Waals surface area (Å²) in [5, 5.41) is 0. The minimum Gasteiger partial charge on any atom is -0.302 e. The smallest absolute Gasteiger partial charge is 0.00506 e. The van der Waals surface area contributed by atoms with E-state index in [1.807, 2.05) is 0 Å². The molecule has 1 unspecified atom stereocenters. The highest BCUT2D eigenvalue weighted by Crippen LogP contribution is 2.48. The second kappa shape index (κ2) is 3.27. The largest absolute Gasteiger partial charge is 0.302 e. The molecule has 13 heavy (non-hydrogen) atoms. The second-order valence-electron chi connectivity index (χ2n) is 5.74. The zero-order valence-corrected chi connectivity index (χ0v) is 9.34. The van der Waals surface area contributed by atoms with Gasteiger partial charge in [0.1, 0.15) is 0 Å². The molecule has 2 aliphatic rings. The highest BCUT2D eigenvalue weighted by molar-refractivity contribution is 5.00. The summed E-state index contributed by atoms with van der Waals surface area (Å²) in [7, 11) is 0. The normalized spacial score (nSPS) is 28.6. The standard InChI is InChI=1S/C12H23N/c1-10(2)11(3)7-13-8-12(9-13)5-4-6-12/h10-11H,4-9H2,1-3H3. The van der Waals surface area contributed by atoms with E-state index in [0.717, 1.165) is 17.3 Å². The third-order valence-electron chi connectivity index (χ3n) is 4.22. The number of hydrogen-bond donors (Lipinski definition) is 0. The van der Waals surface area contributed by atoms with Crippen LogP contribution in [0.2, 0.25) is 0 Å². The summed E-state index contributed by atoms with van der Waals surface area (Å²) < 4.78 is 0. The fraction of sp³-hybridized carbons (Fsp3) is 1.00. The molecule has 0 N–H and O–H groups in total. The van der Waals surface area contributed by atoms with Crippen LogP contribution in [0.25, 0.3) is 0 Å². The molecule has 76 valence electrons. The Morgan fingerprint density at radius 1 is 1.15 bits per heavy atom. The van der Waals surface area contributed by atoms with Gasteiger partial charge >= 0.3 is 0 Å². The Balaban J connectivity index is 1.69. The van der Waals surface area contributed by atoms with Crippen molar-refractivity contribution < 1.29 is 0 Å². The van der Waals surface area contributed by atoms with E-state index in [0.29, 0.717) is 0 Å². The third kappa shape index (κ3) is 1.76. The number of rotatable bonds is 3. The van der Waals surface area contributed by atoms with E-state index in [9.17, 15) is 0 Å². The zero-order chi connectivity index (χ0) is 9.47. The summed E-state index contributed by atoms with van der Waals surface area (Å²) >= 11 is 0. The van der Waals surface area contributed by atoms with Gasteiger partial charge in [0.2, 0.25) is 0 Å². The molecule has 0 aromatic carbocycles. The van der Waals surface area contributed by atoms with Crippen molar-refractivity contribution in [1.82, 2.24) is 4.90 Å². The Labute approximate surface area is 82.5 Å². The lowest BCUT2D eigenvalue weighted by Crippen LogP contribution is -2.60. The lowest BCUT2D eigenvalue weighted by atomic mass is 9.63. The summed E-state index contributed by atoms with van der Waals surface area (Å²) in [5.74, 6) is 1.72. The molecule has 1 atom stereocenters. The molecule has 0 amide bonds. The molecule has 2 fully saturated rings. The van der Waals surface area contributed by atoms with Crippen molar-refractivity contribution in [1.29, 1.82) is 0 Å². The first kappa shape index (κ1) is 9.51. The van der Waals surface area contributed by atoms with Crippen LogP contribution in [0.1, 0.15) is 40.0 Å². The maximum atomic E-state index is 2.66. The average molecular weight is 181 g/mol. The Hall–Kier alpha value is -0.0400. The van der Waals surface area contributed by atoms with E-state index in [-0.39, 0.29) is 0 Å². The highest BCUT2D eigenvalue weighted by Gasteiger charge is 2.46. The van der Waals surface area contributed by atoms with Crippen molar-refractivity contribution in [3.05, 3.63) is 0 Å². The highest BCUT2D eigenvalue weighted by atomic mass is 15.2. The molecule has 1 heterocycles. The van der Waals surface area contributed by atoms with Gasteiger partial charge in [0.15, 0.2) is 0 Å². The van der Waals surface area contributed by atoms with E-state index in [2.05, 4.69) is 25.7 Å². The van der Waals surface area contributed by atoms with Gasteiger partial charge in [-0.1, -0.05) is 27.2 Å². The average Bonchev–Trinajstić information content (AvgIpc) is 1.90. The molecule has 1 spiro atoms. The summed E-state index contributed by atoms with van der Waals surface area (Å²) in [6.45, 7) is 11.2. The van der Waals surface area contributed by atoms with Gasteiger partial charge in [-0.15, -0.1) is 0 Å². The quantitative estimate of drug-likeness (QED) is 0.647. The molecule has 1 saturated heterocycles. The van der Waals surface area contributed by atoms with Crippen LogP contribution in [0.15, 0.2) is 0 Å².